The predicted octanol–water partition coefficient (Wildman–Crippen LogP) is 5.06. The molecular formula is C28H20O4. The normalized spacial score (nSPS) is 12.7. The molecule has 156 valence electrons. The molecule has 0 amide bonds. The highest BCUT2D eigenvalue weighted by atomic mass is 16.3. The largest absolute Gasteiger partial charge is 0.380 e. The van der Waals surface area contributed by atoms with E-state index in [2.05, 4.69) is 0 Å². The van der Waals surface area contributed by atoms with Crippen molar-refractivity contribution in [1.29, 1.82) is 0 Å². The van der Waals surface area contributed by atoms with Crippen LogP contribution in [0, 0.1) is 0 Å². The first kappa shape index (κ1) is 21.1. The Bertz CT molecular complexity index is 1170. The first-order valence-electron chi connectivity index (χ1n) is 10.2. The van der Waals surface area contributed by atoms with Crippen LogP contribution in [0.5, 0.6) is 0 Å². The zero-order chi connectivity index (χ0) is 22.5. The third-order valence-electron chi connectivity index (χ3n) is 5.25. The van der Waals surface area contributed by atoms with Crippen LogP contribution in [0.25, 0.3) is 0 Å². The molecule has 4 nitrogen and oxygen atoms in total. The molecule has 4 heteroatoms. The maximum absolute atomic E-state index is 12.1. The quantitative estimate of drug-likeness (QED) is 0.414. The number of hydrogen-bond donors (Lipinski definition) is 1. The van der Waals surface area contributed by atoms with Crippen molar-refractivity contribution in [3.63, 3.8) is 0 Å². The Morgan fingerprint density at radius 2 is 0.875 bits per heavy atom. The van der Waals surface area contributed by atoms with Crippen LogP contribution in [0.15, 0.2) is 109 Å². The Morgan fingerprint density at radius 1 is 0.531 bits per heavy atom. The molecule has 1 N–H and O–H groups in total. The fourth-order valence-electron chi connectivity index (χ4n) is 3.60. The number of carbonyl (C=O) groups is 3. The minimum Gasteiger partial charge on any atom is -0.380 e. The summed E-state index contributed by atoms with van der Waals surface area (Å²) >= 11 is 0. The van der Waals surface area contributed by atoms with E-state index in [4.69, 9.17) is 0 Å². The number of fused-ring (bicyclic) bond motifs is 2. The average Bonchev–Trinajstić information content (AvgIpc) is 2.88. The molecule has 0 radical (unpaired) electrons. The fraction of sp³-hybridized carbons (Fsp3) is 0.0357. The monoisotopic (exact) mass is 420 g/mol. The van der Waals surface area contributed by atoms with Gasteiger partial charge in [0.05, 0.1) is 0 Å². The molecule has 0 fully saturated rings. The van der Waals surface area contributed by atoms with Crippen LogP contribution in [0.3, 0.4) is 0 Å². The smallest absolute Gasteiger partial charge is 0.195 e. The van der Waals surface area contributed by atoms with Gasteiger partial charge in [0.15, 0.2) is 17.3 Å². The number of carbonyl (C=O) groups excluding carboxylic acids is 3. The third kappa shape index (κ3) is 4.17. The number of Topliss-reactive ketones (excluding diaryl/α,β-unsaturated/α-hetero) is 1. The number of benzene rings is 4. The van der Waals surface area contributed by atoms with E-state index in [1.807, 2.05) is 12.1 Å². The van der Waals surface area contributed by atoms with E-state index in [1.54, 1.807) is 97.1 Å². The van der Waals surface area contributed by atoms with Crippen molar-refractivity contribution in [3.8, 4) is 0 Å². The van der Waals surface area contributed by atoms with E-state index >= 15 is 0 Å². The first-order chi connectivity index (χ1) is 15.6. The molecule has 32 heavy (non-hydrogen) atoms. The van der Waals surface area contributed by atoms with Gasteiger partial charge in [-0.1, -0.05) is 109 Å². The highest BCUT2D eigenvalue weighted by Crippen LogP contribution is 2.26. The van der Waals surface area contributed by atoms with Gasteiger partial charge in [-0.2, -0.15) is 0 Å². The van der Waals surface area contributed by atoms with E-state index in [9.17, 15) is 19.5 Å². The second-order valence-electron chi connectivity index (χ2n) is 7.29. The van der Waals surface area contributed by atoms with Crippen molar-refractivity contribution in [1.82, 2.24) is 0 Å². The molecule has 0 heterocycles. The summed E-state index contributed by atoms with van der Waals surface area (Å²) in [6.45, 7) is 0. The van der Waals surface area contributed by atoms with Crippen molar-refractivity contribution in [2.45, 2.75) is 6.10 Å². The van der Waals surface area contributed by atoms with Gasteiger partial charge in [-0.25, -0.2) is 0 Å². The number of aliphatic hydroxyl groups is 1. The van der Waals surface area contributed by atoms with Crippen LogP contribution in [0.1, 0.15) is 53.9 Å². The standard InChI is InChI=1S/C14H8O2.C14H12O2/c15-13-9-5-1-2-6-10(9)14(16)12-8-4-3-7-11(12)13;15-13(11-7-3-1-4-8-11)14(16)12-9-5-2-6-10-12/h1-8H;1-10,13,15H. The molecule has 1 aliphatic rings. The van der Waals surface area contributed by atoms with Gasteiger partial charge in [0.1, 0.15) is 6.10 Å². The predicted molar refractivity (Wildman–Crippen MR) is 122 cm³/mol. The van der Waals surface area contributed by atoms with Crippen LogP contribution >= 0.6 is 0 Å². The highest BCUT2D eigenvalue weighted by Gasteiger charge is 2.28. The summed E-state index contributed by atoms with van der Waals surface area (Å²) in [7, 11) is 0. The van der Waals surface area contributed by atoms with Crippen molar-refractivity contribution in [2.75, 3.05) is 0 Å². The molecular weight excluding hydrogens is 400 g/mol. The van der Waals surface area contributed by atoms with Gasteiger partial charge >= 0.3 is 0 Å². The molecule has 1 unspecified atom stereocenters. The van der Waals surface area contributed by atoms with E-state index in [1.165, 1.54) is 0 Å². The van der Waals surface area contributed by atoms with Gasteiger partial charge in [0.25, 0.3) is 0 Å². The maximum Gasteiger partial charge on any atom is 0.195 e. The minimum absolute atomic E-state index is 0.0641. The van der Waals surface area contributed by atoms with Crippen LogP contribution in [-0.4, -0.2) is 22.5 Å². The summed E-state index contributed by atoms with van der Waals surface area (Å²) in [6, 6.07) is 31.7. The summed E-state index contributed by atoms with van der Waals surface area (Å²) in [5.74, 6) is -0.400. The number of ketones is 3. The van der Waals surface area contributed by atoms with Gasteiger partial charge in [-0.3, -0.25) is 14.4 Å². The van der Waals surface area contributed by atoms with E-state index in [0.29, 0.717) is 33.4 Å². The van der Waals surface area contributed by atoms with Gasteiger partial charge in [-0.05, 0) is 5.56 Å². The summed E-state index contributed by atoms with van der Waals surface area (Å²) in [5.41, 5.74) is 3.17. The Balaban J connectivity index is 0.000000153. The van der Waals surface area contributed by atoms with Crippen LogP contribution < -0.4 is 0 Å². The van der Waals surface area contributed by atoms with E-state index in [0.717, 1.165) is 0 Å². The minimum atomic E-state index is -1.08. The summed E-state index contributed by atoms with van der Waals surface area (Å²) in [6.07, 6.45) is -1.08. The SMILES string of the molecule is O=C(c1ccccc1)C(O)c1ccccc1.O=C1c2ccccc2C(=O)c2ccccc21. The lowest BCUT2D eigenvalue weighted by Gasteiger charge is -2.16. The zero-order valence-corrected chi connectivity index (χ0v) is 17.1. The average molecular weight is 420 g/mol. The second kappa shape index (κ2) is 9.33. The van der Waals surface area contributed by atoms with Gasteiger partial charge in [0, 0.05) is 27.8 Å². The molecule has 0 spiro atoms. The lowest BCUT2D eigenvalue weighted by Crippen LogP contribution is -2.20. The summed E-state index contributed by atoms with van der Waals surface area (Å²) in [4.78, 5) is 36.1. The van der Waals surface area contributed by atoms with Gasteiger partial charge < -0.3 is 5.11 Å². The molecule has 0 saturated carbocycles. The summed E-state index contributed by atoms with van der Waals surface area (Å²) < 4.78 is 0. The zero-order valence-electron chi connectivity index (χ0n) is 17.1. The Labute approximate surface area is 185 Å². The van der Waals surface area contributed by atoms with E-state index < -0.39 is 6.10 Å². The van der Waals surface area contributed by atoms with Gasteiger partial charge in [-0.15, -0.1) is 0 Å². The first-order valence-corrected chi connectivity index (χ1v) is 10.2. The Hall–Kier alpha value is -4.15. The van der Waals surface area contributed by atoms with Crippen molar-refractivity contribution in [3.05, 3.63) is 143 Å². The molecule has 0 aliphatic heterocycles. The summed E-state index contributed by atoms with van der Waals surface area (Å²) in [5, 5.41) is 9.89. The van der Waals surface area contributed by atoms with Gasteiger partial charge in [0.2, 0.25) is 0 Å². The molecule has 4 aromatic rings. The second-order valence-corrected chi connectivity index (χ2v) is 7.29. The Morgan fingerprint density at radius 3 is 1.28 bits per heavy atom. The Kier molecular flexibility index (Phi) is 6.15. The fourth-order valence-corrected chi connectivity index (χ4v) is 3.60. The topological polar surface area (TPSA) is 71.4 Å². The molecule has 0 bridgehead atoms. The van der Waals surface area contributed by atoms with Crippen LogP contribution in [-0.2, 0) is 0 Å². The highest BCUT2D eigenvalue weighted by molar-refractivity contribution is 6.28. The number of hydrogen-bond acceptors (Lipinski definition) is 4. The molecule has 4 aromatic carbocycles. The lowest BCUT2D eigenvalue weighted by atomic mass is 9.84. The number of rotatable bonds is 3. The molecule has 5 rings (SSSR count). The van der Waals surface area contributed by atoms with Crippen molar-refractivity contribution >= 4 is 17.3 Å². The molecule has 0 aromatic heterocycles. The van der Waals surface area contributed by atoms with E-state index in [-0.39, 0.29) is 17.3 Å². The lowest BCUT2D eigenvalue weighted by molar-refractivity contribution is 0.0747. The molecule has 0 saturated heterocycles. The van der Waals surface area contributed by atoms with Crippen LogP contribution in [0.4, 0.5) is 0 Å². The maximum atomic E-state index is 12.1. The van der Waals surface area contributed by atoms with Crippen LogP contribution in [0.2, 0.25) is 0 Å². The number of aliphatic hydroxyl groups excluding tert-OH is 1. The molecule has 1 aliphatic carbocycles. The van der Waals surface area contributed by atoms with Crippen molar-refractivity contribution in [2.24, 2.45) is 0 Å². The molecule has 1 atom stereocenters. The third-order valence-corrected chi connectivity index (χ3v) is 5.25. The van der Waals surface area contributed by atoms with Crippen molar-refractivity contribution < 1.29 is 19.5 Å².